The largest absolute Gasteiger partial charge is 0.366 e. The first kappa shape index (κ1) is 7.95. The van der Waals surface area contributed by atoms with Crippen LogP contribution in [0.1, 0.15) is 13.8 Å². The molecule has 0 aliphatic carbocycles. The van der Waals surface area contributed by atoms with Crippen molar-refractivity contribution in [2.75, 3.05) is 0 Å². The molecule has 0 unspecified atom stereocenters. The average molecular weight is 125 g/mol. The Morgan fingerprint density at radius 3 is 2.44 bits per heavy atom. The molecule has 9 heavy (non-hydrogen) atoms. The van der Waals surface area contributed by atoms with Crippen LogP contribution in [0.5, 0.6) is 0 Å². The van der Waals surface area contributed by atoms with Crippen LogP contribution in [0.15, 0.2) is 23.8 Å². The number of nitrogens with two attached hydrogens (primary N) is 1. The number of hydrogen-bond donors (Lipinski definition) is 1. The van der Waals surface area contributed by atoms with Gasteiger partial charge in [0.1, 0.15) is 0 Å². The predicted molar refractivity (Wildman–Crippen MR) is 37.8 cm³/mol. The Bertz CT molecular complexity index is 156. The van der Waals surface area contributed by atoms with Crippen molar-refractivity contribution in [3.05, 3.63) is 23.8 Å². The van der Waals surface area contributed by atoms with E-state index in [1.807, 2.05) is 13.0 Å². The van der Waals surface area contributed by atoms with Gasteiger partial charge in [0.25, 0.3) is 0 Å². The molecule has 2 nitrogen and oxygen atoms in total. The molecule has 0 aromatic rings. The predicted octanol–water partition coefficient (Wildman–Crippen LogP) is 0.994. The lowest BCUT2D eigenvalue weighted by molar-refractivity contribution is -0.114. The van der Waals surface area contributed by atoms with E-state index in [1.165, 1.54) is 0 Å². The molecule has 0 aromatic heterocycles. The third kappa shape index (κ3) is 3.53. The monoisotopic (exact) mass is 125 g/mol. The third-order valence-electron chi connectivity index (χ3n) is 0.927. The Morgan fingerprint density at radius 1 is 1.56 bits per heavy atom. The van der Waals surface area contributed by atoms with Crippen LogP contribution in [0, 0.1) is 0 Å². The Kier molecular flexibility index (Phi) is 3.44. The normalized spacial score (nSPS) is 12.4. The smallest absolute Gasteiger partial charge is 0.244 e. The SMILES string of the molecule is C/C=C/C=C(\C)C(N)=O. The van der Waals surface area contributed by atoms with E-state index in [9.17, 15) is 4.79 Å². The second-order valence-electron chi connectivity index (χ2n) is 1.74. The van der Waals surface area contributed by atoms with Gasteiger partial charge in [0.05, 0.1) is 0 Å². The van der Waals surface area contributed by atoms with Crippen molar-refractivity contribution in [2.24, 2.45) is 5.73 Å². The van der Waals surface area contributed by atoms with Gasteiger partial charge in [-0.3, -0.25) is 4.79 Å². The van der Waals surface area contributed by atoms with Gasteiger partial charge in [0.15, 0.2) is 0 Å². The second-order valence-corrected chi connectivity index (χ2v) is 1.74. The fourth-order valence-electron chi connectivity index (χ4n) is 0.323. The van der Waals surface area contributed by atoms with Crippen molar-refractivity contribution < 1.29 is 4.79 Å². The Balaban J connectivity index is 4.00. The number of rotatable bonds is 2. The van der Waals surface area contributed by atoms with E-state index in [2.05, 4.69) is 0 Å². The molecule has 0 saturated heterocycles. The van der Waals surface area contributed by atoms with Crippen LogP contribution in [-0.2, 0) is 4.79 Å². The summed E-state index contributed by atoms with van der Waals surface area (Å²) in [5.74, 6) is -0.367. The van der Waals surface area contributed by atoms with Crippen molar-refractivity contribution in [2.45, 2.75) is 13.8 Å². The molecule has 0 aliphatic rings. The lowest BCUT2D eigenvalue weighted by Gasteiger charge is -1.87. The first-order valence-electron chi connectivity index (χ1n) is 2.78. The minimum Gasteiger partial charge on any atom is -0.366 e. The fourth-order valence-corrected chi connectivity index (χ4v) is 0.323. The molecule has 0 radical (unpaired) electrons. The molecule has 1 amide bonds. The molecule has 0 bridgehead atoms. The van der Waals surface area contributed by atoms with Crippen LogP contribution >= 0.6 is 0 Å². The standard InChI is InChI=1S/C7H11NO/c1-3-4-5-6(2)7(8)9/h3-5H,1-2H3,(H2,8,9)/b4-3+,6-5+. The molecule has 0 spiro atoms. The maximum Gasteiger partial charge on any atom is 0.244 e. The molecule has 0 atom stereocenters. The molecule has 2 N–H and O–H groups in total. The van der Waals surface area contributed by atoms with Crippen LogP contribution in [-0.4, -0.2) is 5.91 Å². The summed E-state index contributed by atoms with van der Waals surface area (Å²) in [7, 11) is 0. The zero-order chi connectivity index (χ0) is 7.28. The van der Waals surface area contributed by atoms with Crippen LogP contribution in [0.3, 0.4) is 0 Å². The van der Waals surface area contributed by atoms with Gasteiger partial charge >= 0.3 is 0 Å². The highest BCUT2D eigenvalue weighted by Crippen LogP contribution is 1.89. The number of primary amides is 1. The summed E-state index contributed by atoms with van der Waals surface area (Å²) in [4.78, 5) is 10.3. The highest BCUT2D eigenvalue weighted by atomic mass is 16.1. The maximum atomic E-state index is 10.3. The molecule has 0 fully saturated rings. The summed E-state index contributed by atoms with van der Waals surface area (Å²) in [5.41, 5.74) is 5.51. The summed E-state index contributed by atoms with van der Waals surface area (Å²) in [5, 5.41) is 0. The molecule has 50 valence electrons. The molecule has 2 heteroatoms. The molecular weight excluding hydrogens is 114 g/mol. The Morgan fingerprint density at radius 2 is 2.11 bits per heavy atom. The molecular formula is C7H11NO. The minimum atomic E-state index is -0.367. The van der Waals surface area contributed by atoms with Crippen LogP contribution in [0.25, 0.3) is 0 Å². The zero-order valence-electron chi connectivity index (χ0n) is 5.72. The molecule has 0 rings (SSSR count). The molecule has 0 heterocycles. The van der Waals surface area contributed by atoms with Gasteiger partial charge in [-0.15, -0.1) is 0 Å². The van der Waals surface area contributed by atoms with E-state index in [4.69, 9.17) is 5.73 Å². The van der Waals surface area contributed by atoms with E-state index in [1.54, 1.807) is 19.1 Å². The van der Waals surface area contributed by atoms with Gasteiger partial charge in [0, 0.05) is 5.57 Å². The van der Waals surface area contributed by atoms with Crippen LogP contribution in [0.4, 0.5) is 0 Å². The third-order valence-corrected chi connectivity index (χ3v) is 0.927. The molecule has 0 aliphatic heterocycles. The lowest BCUT2D eigenvalue weighted by atomic mass is 10.2. The van der Waals surface area contributed by atoms with Gasteiger partial charge in [-0.25, -0.2) is 0 Å². The summed E-state index contributed by atoms with van der Waals surface area (Å²) in [6.07, 6.45) is 5.30. The molecule has 0 saturated carbocycles. The summed E-state index contributed by atoms with van der Waals surface area (Å²) >= 11 is 0. The van der Waals surface area contributed by atoms with Crippen molar-refractivity contribution in [3.63, 3.8) is 0 Å². The summed E-state index contributed by atoms with van der Waals surface area (Å²) in [6, 6.07) is 0. The fraction of sp³-hybridized carbons (Fsp3) is 0.286. The highest BCUT2D eigenvalue weighted by Gasteiger charge is 1.91. The van der Waals surface area contributed by atoms with Gasteiger partial charge < -0.3 is 5.73 Å². The summed E-state index contributed by atoms with van der Waals surface area (Å²) < 4.78 is 0. The number of allylic oxidation sites excluding steroid dienone is 3. The van der Waals surface area contributed by atoms with E-state index in [-0.39, 0.29) is 5.91 Å². The van der Waals surface area contributed by atoms with Gasteiger partial charge in [-0.2, -0.15) is 0 Å². The zero-order valence-corrected chi connectivity index (χ0v) is 5.72. The van der Waals surface area contributed by atoms with Gasteiger partial charge in [-0.1, -0.05) is 18.2 Å². The molecule has 0 aromatic carbocycles. The van der Waals surface area contributed by atoms with Crippen molar-refractivity contribution >= 4 is 5.91 Å². The van der Waals surface area contributed by atoms with Crippen molar-refractivity contribution in [3.8, 4) is 0 Å². The number of carbonyl (C=O) groups excluding carboxylic acids is 1. The number of carbonyl (C=O) groups is 1. The van der Waals surface area contributed by atoms with E-state index < -0.39 is 0 Å². The van der Waals surface area contributed by atoms with E-state index in [0.29, 0.717) is 5.57 Å². The van der Waals surface area contributed by atoms with Crippen molar-refractivity contribution in [1.82, 2.24) is 0 Å². The van der Waals surface area contributed by atoms with Gasteiger partial charge in [-0.05, 0) is 13.8 Å². The quantitative estimate of drug-likeness (QED) is 0.434. The number of amides is 1. The first-order valence-corrected chi connectivity index (χ1v) is 2.78. The van der Waals surface area contributed by atoms with E-state index >= 15 is 0 Å². The minimum absolute atomic E-state index is 0.367. The topological polar surface area (TPSA) is 43.1 Å². The first-order chi connectivity index (χ1) is 4.18. The second kappa shape index (κ2) is 3.89. The lowest BCUT2D eigenvalue weighted by Crippen LogP contribution is -2.11. The number of hydrogen-bond acceptors (Lipinski definition) is 1. The summed E-state index contributed by atoms with van der Waals surface area (Å²) in [6.45, 7) is 3.56. The Hall–Kier alpha value is -1.05. The van der Waals surface area contributed by atoms with Gasteiger partial charge in [0.2, 0.25) is 5.91 Å². The van der Waals surface area contributed by atoms with Crippen LogP contribution < -0.4 is 5.73 Å². The van der Waals surface area contributed by atoms with Crippen LogP contribution in [0.2, 0.25) is 0 Å². The maximum absolute atomic E-state index is 10.3. The highest BCUT2D eigenvalue weighted by molar-refractivity contribution is 5.91. The van der Waals surface area contributed by atoms with E-state index in [0.717, 1.165) is 0 Å². The average Bonchev–Trinajstić information content (AvgIpc) is 1.82. The van der Waals surface area contributed by atoms with Crippen molar-refractivity contribution in [1.29, 1.82) is 0 Å². The Labute approximate surface area is 55.1 Å².